The first-order valence-electron chi connectivity index (χ1n) is 10.3. The van der Waals surface area contributed by atoms with E-state index in [0.29, 0.717) is 12.5 Å². The topological polar surface area (TPSA) is 74.5 Å². The highest BCUT2D eigenvalue weighted by atomic mass is 127. The molecule has 1 heterocycles. The highest BCUT2D eigenvalue weighted by molar-refractivity contribution is 14.0. The molecule has 0 aliphatic carbocycles. The van der Waals surface area contributed by atoms with Crippen molar-refractivity contribution in [2.24, 2.45) is 10.9 Å². The Balaban J connectivity index is 0.00000420. The minimum absolute atomic E-state index is 0. The molecule has 0 saturated heterocycles. The third-order valence-electron chi connectivity index (χ3n) is 4.77. The van der Waals surface area contributed by atoms with E-state index in [1.165, 1.54) is 0 Å². The molecule has 0 aliphatic rings. The Labute approximate surface area is 192 Å². The normalized spacial score (nSPS) is 12.4. The molecule has 162 valence electrons. The van der Waals surface area contributed by atoms with Crippen LogP contribution in [0.25, 0.3) is 5.69 Å². The fourth-order valence-corrected chi connectivity index (χ4v) is 3.41. The molecule has 1 aromatic heterocycles. The van der Waals surface area contributed by atoms with E-state index in [2.05, 4.69) is 54.7 Å². The predicted octanol–water partition coefficient (Wildman–Crippen LogP) is 3.96. The van der Waals surface area contributed by atoms with Gasteiger partial charge in [-0.1, -0.05) is 31.5 Å². The van der Waals surface area contributed by atoms with Crippen LogP contribution in [0.1, 0.15) is 50.1 Å². The van der Waals surface area contributed by atoms with Crippen molar-refractivity contribution in [3.05, 3.63) is 47.3 Å². The van der Waals surface area contributed by atoms with Gasteiger partial charge in [-0.3, -0.25) is 0 Å². The average Bonchev–Trinajstić information content (AvgIpc) is 3.02. The Bertz CT molecular complexity index is 753. The van der Waals surface area contributed by atoms with Gasteiger partial charge in [0.05, 0.1) is 17.9 Å². The molecule has 0 fully saturated rings. The van der Waals surface area contributed by atoms with Crippen molar-refractivity contribution in [3.63, 3.8) is 0 Å². The Hall–Kier alpha value is -1.61. The molecular weight excluding hydrogens is 477 g/mol. The molecule has 7 heteroatoms. The molecule has 0 radical (unpaired) electrons. The highest BCUT2D eigenvalue weighted by Gasteiger charge is 2.10. The zero-order valence-corrected chi connectivity index (χ0v) is 20.4. The molecule has 0 aliphatic heterocycles. The summed E-state index contributed by atoms with van der Waals surface area (Å²) in [6, 6.07) is 10.3. The van der Waals surface area contributed by atoms with Crippen LogP contribution in [0.3, 0.4) is 0 Å². The quantitative estimate of drug-likeness (QED) is 0.256. The van der Waals surface area contributed by atoms with Crippen LogP contribution < -0.4 is 10.6 Å². The van der Waals surface area contributed by atoms with E-state index in [0.717, 1.165) is 61.0 Å². The number of benzene rings is 1. The van der Waals surface area contributed by atoms with Crippen molar-refractivity contribution in [2.45, 2.75) is 53.5 Å². The molecule has 2 rings (SSSR count). The molecular formula is C22H36IN5O. The van der Waals surface area contributed by atoms with Gasteiger partial charge in [0.1, 0.15) is 0 Å². The molecule has 6 nitrogen and oxygen atoms in total. The van der Waals surface area contributed by atoms with Gasteiger partial charge in [0.15, 0.2) is 5.96 Å². The van der Waals surface area contributed by atoms with Gasteiger partial charge in [-0.05, 0) is 57.2 Å². The van der Waals surface area contributed by atoms with Crippen LogP contribution in [0.5, 0.6) is 0 Å². The number of nitrogens with zero attached hydrogens (tertiary/aromatic N) is 3. The van der Waals surface area contributed by atoms with Crippen LogP contribution in [0.2, 0.25) is 0 Å². The summed E-state index contributed by atoms with van der Waals surface area (Å²) in [5, 5.41) is 20.6. The van der Waals surface area contributed by atoms with Crippen molar-refractivity contribution in [3.8, 4) is 5.69 Å². The van der Waals surface area contributed by atoms with Crippen molar-refractivity contribution in [1.29, 1.82) is 0 Å². The van der Waals surface area contributed by atoms with Crippen LogP contribution in [0, 0.1) is 19.8 Å². The number of nitrogens with one attached hydrogen (secondary N) is 2. The van der Waals surface area contributed by atoms with Gasteiger partial charge in [-0.15, -0.1) is 24.0 Å². The van der Waals surface area contributed by atoms with Crippen LogP contribution in [0.4, 0.5) is 0 Å². The molecule has 2 aromatic rings. The summed E-state index contributed by atoms with van der Waals surface area (Å²) in [5.74, 6) is 1.27. The average molecular weight is 513 g/mol. The molecule has 29 heavy (non-hydrogen) atoms. The smallest absolute Gasteiger partial charge is 0.191 e. The first-order valence-corrected chi connectivity index (χ1v) is 10.3. The number of halogens is 1. The Kier molecular flexibility index (Phi) is 11.9. The first kappa shape index (κ1) is 25.4. The SMILES string of the molecule is CCCC(CCO)CNC(=NCc1ccccc1-n1nc(C)cc1C)NCC.I. The van der Waals surface area contributed by atoms with Crippen molar-refractivity contribution in [2.75, 3.05) is 19.7 Å². The number of guanidine groups is 1. The predicted molar refractivity (Wildman–Crippen MR) is 131 cm³/mol. The zero-order chi connectivity index (χ0) is 20.4. The lowest BCUT2D eigenvalue weighted by molar-refractivity contribution is 0.251. The lowest BCUT2D eigenvalue weighted by Gasteiger charge is -2.18. The van der Waals surface area contributed by atoms with Crippen molar-refractivity contribution < 1.29 is 5.11 Å². The van der Waals surface area contributed by atoms with E-state index >= 15 is 0 Å². The van der Waals surface area contributed by atoms with E-state index in [1.807, 2.05) is 23.7 Å². The van der Waals surface area contributed by atoms with E-state index in [1.54, 1.807) is 0 Å². The lowest BCUT2D eigenvalue weighted by atomic mass is 10.0. The van der Waals surface area contributed by atoms with Crippen LogP contribution in [-0.2, 0) is 6.54 Å². The van der Waals surface area contributed by atoms with E-state index in [9.17, 15) is 5.11 Å². The monoisotopic (exact) mass is 513 g/mol. The largest absolute Gasteiger partial charge is 0.396 e. The Morgan fingerprint density at radius 2 is 1.93 bits per heavy atom. The van der Waals surface area contributed by atoms with Gasteiger partial charge in [-0.25, -0.2) is 9.67 Å². The number of hydrogen-bond acceptors (Lipinski definition) is 3. The number of aliphatic hydroxyl groups is 1. The summed E-state index contributed by atoms with van der Waals surface area (Å²) in [6.07, 6.45) is 3.05. The molecule has 0 amide bonds. The van der Waals surface area contributed by atoms with E-state index < -0.39 is 0 Å². The number of aliphatic imine (C=N–C) groups is 1. The van der Waals surface area contributed by atoms with Gasteiger partial charge < -0.3 is 15.7 Å². The van der Waals surface area contributed by atoms with E-state index in [4.69, 9.17) is 4.99 Å². The summed E-state index contributed by atoms with van der Waals surface area (Å²) < 4.78 is 1.99. The van der Waals surface area contributed by atoms with Crippen molar-refractivity contribution >= 4 is 29.9 Å². The third-order valence-corrected chi connectivity index (χ3v) is 4.77. The number of aryl methyl sites for hydroxylation is 2. The zero-order valence-electron chi connectivity index (χ0n) is 18.1. The molecule has 3 N–H and O–H groups in total. The lowest BCUT2D eigenvalue weighted by Crippen LogP contribution is -2.40. The minimum Gasteiger partial charge on any atom is -0.396 e. The van der Waals surface area contributed by atoms with Gasteiger partial charge >= 0.3 is 0 Å². The second kappa shape index (κ2) is 13.6. The first-order chi connectivity index (χ1) is 13.6. The standard InChI is InChI=1S/C22H35N5O.HI/c1-5-9-19(12-13-28)15-24-22(23-6-2)25-16-20-10-7-8-11-21(20)27-18(4)14-17(3)26-27;/h7-8,10-11,14,19,28H,5-6,9,12-13,15-16H2,1-4H3,(H2,23,24,25);1H. The van der Waals surface area contributed by atoms with Gasteiger partial charge in [0.2, 0.25) is 0 Å². The van der Waals surface area contributed by atoms with Gasteiger partial charge in [0, 0.05) is 25.4 Å². The Morgan fingerprint density at radius 3 is 2.55 bits per heavy atom. The van der Waals surface area contributed by atoms with Gasteiger partial charge in [-0.2, -0.15) is 5.10 Å². The number of para-hydroxylation sites is 1. The summed E-state index contributed by atoms with van der Waals surface area (Å²) >= 11 is 0. The second-order valence-corrected chi connectivity index (χ2v) is 7.21. The second-order valence-electron chi connectivity index (χ2n) is 7.21. The molecule has 0 bridgehead atoms. The van der Waals surface area contributed by atoms with Crippen molar-refractivity contribution in [1.82, 2.24) is 20.4 Å². The maximum absolute atomic E-state index is 9.26. The van der Waals surface area contributed by atoms with Crippen LogP contribution in [0.15, 0.2) is 35.3 Å². The van der Waals surface area contributed by atoms with Gasteiger partial charge in [0.25, 0.3) is 0 Å². The van der Waals surface area contributed by atoms with Crippen LogP contribution in [-0.4, -0.2) is 40.5 Å². The maximum Gasteiger partial charge on any atom is 0.191 e. The molecule has 0 spiro atoms. The Morgan fingerprint density at radius 1 is 1.17 bits per heavy atom. The summed E-state index contributed by atoms with van der Waals surface area (Å²) in [5.41, 5.74) is 4.32. The fourth-order valence-electron chi connectivity index (χ4n) is 3.41. The summed E-state index contributed by atoms with van der Waals surface area (Å²) in [7, 11) is 0. The molecule has 1 aromatic carbocycles. The maximum atomic E-state index is 9.26. The number of rotatable bonds is 10. The summed E-state index contributed by atoms with van der Waals surface area (Å²) in [4.78, 5) is 4.79. The molecule has 0 saturated carbocycles. The summed E-state index contributed by atoms with van der Waals surface area (Å²) in [6.45, 7) is 10.8. The molecule has 1 atom stereocenters. The highest BCUT2D eigenvalue weighted by Crippen LogP contribution is 2.18. The number of aromatic nitrogens is 2. The van der Waals surface area contributed by atoms with Crippen LogP contribution >= 0.6 is 24.0 Å². The fraction of sp³-hybridized carbons (Fsp3) is 0.545. The number of aliphatic hydroxyl groups excluding tert-OH is 1. The number of hydrogen-bond donors (Lipinski definition) is 3. The van der Waals surface area contributed by atoms with E-state index in [-0.39, 0.29) is 30.6 Å². The molecule has 1 unspecified atom stereocenters. The third kappa shape index (κ3) is 7.97. The minimum atomic E-state index is 0.